The smallest absolute Gasteiger partial charge is 0.403 e. The Balaban J connectivity index is 2.05. The fourth-order valence-corrected chi connectivity index (χ4v) is 1.85. The van der Waals surface area contributed by atoms with Crippen molar-refractivity contribution in [3.8, 4) is 0 Å². The third kappa shape index (κ3) is 1.60. The van der Waals surface area contributed by atoms with Crippen LogP contribution in [-0.2, 0) is 14.0 Å². The monoisotopic (exact) mass is 198 g/mol. The van der Waals surface area contributed by atoms with E-state index < -0.39 is 0 Å². The van der Waals surface area contributed by atoms with Crippen molar-refractivity contribution in [2.75, 3.05) is 13.2 Å². The minimum Gasteiger partial charge on any atom is -0.403 e. The molecule has 0 spiro atoms. The minimum atomic E-state index is -0.208. The molecule has 0 aromatic rings. The maximum atomic E-state index is 5.95. The summed E-state index contributed by atoms with van der Waals surface area (Å²) in [5.41, 5.74) is -0.416. The van der Waals surface area contributed by atoms with Crippen molar-refractivity contribution in [3.05, 3.63) is 0 Å². The Bertz CT molecular complexity index is 205. The molecule has 0 unspecified atom stereocenters. The Hall–Kier alpha value is -0.0551. The predicted molar refractivity (Wildman–Crippen MR) is 55.3 cm³/mol. The third-order valence-corrected chi connectivity index (χ3v) is 3.62. The van der Waals surface area contributed by atoms with Crippen LogP contribution < -0.4 is 0 Å². The lowest BCUT2D eigenvalue weighted by molar-refractivity contribution is 0.00578. The second-order valence-corrected chi connectivity index (χ2v) is 5.25. The molecule has 1 atom stereocenters. The van der Waals surface area contributed by atoms with E-state index in [0.29, 0.717) is 5.82 Å². The topological polar surface area (TPSA) is 27.7 Å². The van der Waals surface area contributed by atoms with Crippen LogP contribution in [0.4, 0.5) is 0 Å². The zero-order valence-corrected chi connectivity index (χ0v) is 9.50. The van der Waals surface area contributed by atoms with Crippen molar-refractivity contribution in [2.24, 2.45) is 0 Å². The van der Waals surface area contributed by atoms with Crippen LogP contribution in [-0.4, -0.2) is 31.5 Å². The average molecular weight is 198 g/mol. The fraction of sp³-hybridized carbons (Fsp3) is 1.00. The first-order chi connectivity index (χ1) is 6.42. The van der Waals surface area contributed by atoms with E-state index in [-0.39, 0.29) is 18.3 Å². The van der Waals surface area contributed by atoms with Gasteiger partial charge in [0.25, 0.3) is 0 Å². The molecule has 0 aromatic heterocycles. The van der Waals surface area contributed by atoms with E-state index in [4.69, 9.17) is 14.0 Å². The van der Waals surface area contributed by atoms with Gasteiger partial charge in [-0.2, -0.15) is 0 Å². The van der Waals surface area contributed by atoms with E-state index in [1.807, 2.05) is 0 Å². The number of hydrogen-bond donors (Lipinski definition) is 0. The summed E-state index contributed by atoms with van der Waals surface area (Å²) >= 11 is 0. The first kappa shape index (κ1) is 10.5. The Morgan fingerprint density at radius 3 is 2.07 bits per heavy atom. The average Bonchev–Trinajstić information content (AvgIpc) is 2.58. The zero-order valence-electron chi connectivity index (χ0n) is 9.50. The highest BCUT2D eigenvalue weighted by atomic mass is 16.7. The molecule has 0 aliphatic carbocycles. The normalized spacial score (nSPS) is 35.1. The van der Waals surface area contributed by atoms with E-state index in [0.717, 1.165) is 19.6 Å². The van der Waals surface area contributed by atoms with Gasteiger partial charge in [0.2, 0.25) is 0 Å². The highest BCUT2D eigenvalue weighted by molar-refractivity contribution is 6.47. The van der Waals surface area contributed by atoms with Gasteiger partial charge in [0.1, 0.15) is 0 Å². The predicted octanol–water partition coefficient (Wildman–Crippen LogP) is 1.87. The van der Waals surface area contributed by atoms with E-state index in [1.165, 1.54) is 0 Å². The van der Waals surface area contributed by atoms with Crippen molar-refractivity contribution in [1.82, 2.24) is 0 Å². The Morgan fingerprint density at radius 2 is 1.64 bits per heavy atom. The summed E-state index contributed by atoms with van der Waals surface area (Å²) in [6.07, 6.45) is 1.05. The van der Waals surface area contributed by atoms with E-state index in [9.17, 15) is 0 Å². The lowest BCUT2D eigenvalue weighted by Gasteiger charge is -2.32. The highest BCUT2D eigenvalue weighted by Crippen LogP contribution is 2.41. The Labute approximate surface area is 86.2 Å². The molecule has 0 N–H and O–H groups in total. The van der Waals surface area contributed by atoms with Gasteiger partial charge in [-0.15, -0.1) is 0 Å². The van der Waals surface area contributed by atoms with Crippen LogP contribution >= 0.6 is 0 Å². The van der Waals surface area contributed by atoms with Crippen LogP contribution in [0.5, 0.6) is 0 Å². The molecule has 0 radical (unpaired) electrons. The Kier molecular flexibility index (Phi) is 2.41. The maximum Gasteiger partial charge on any atom is 0.463 e. The number of hydrogen-bond acceptors (Lipinski definition) is 3. The quantitative estimate of drug-likeness (QED) is 0.602. The number of ether oxygens (including phenoxy) is 1. The largest absolute Gasteiger partial charge is 0.463 e. The SMILES string of the molecule is CC1(C)OB([C@H]2CCOC2)OC1(C)C. The van der Waals surface area contributed by atoms with Gasteiger partial charge in [0.15, 0.2) is 0 Å². The summed E-state index contributed by atoms with van der Waals surface area (Å²) in [5.74, 6) is 0.413. The van der Waals surface area contributed by atoms with Crippen molar-refractivity contribution >= 4 is 7.12 Å². The standard InChI is InChI=1S/C10H19BO3/c1-9(2)10(3,4)14-11(13-9)8-5-6-12-7-8/h8H,5-7H2,1-4H3/t8-/m0/s1. The van der Waals surface area contributed by atoms with Crippen LogP contribution in [0.25, 0.3) is 0 Å². The lowest BCUT2D eigenvalue weighted by atomic mass is 9.71. The summed E-state index contributed by atoms with van der Waals surface area (Å²) in [4.78, 5) is 0. The molecule has 80 valence electrons. The summed E-state index contributed by atoms with van der Waals surface area (Å²) in [5, 5.41) is 0. The van der Waals surface area contributed by atoms with Crippen LogP contribution in [0, 0.1) is 0 Å². The maximum absolute atomic E-state index is 5.95. The van der Waals surface area contributed by atoms with Crippen LogP contribution in [0.2, 0.25) is 5.82 Å². The molecule has 0 amide bonds. The van der Waals surface area contributed by atoms with Gasteiger partial charge in [-0.05, 0) is 34.1 Å². The molecular weight excluding hydrogens is 179 g/mol. The zero-order chi connectivity index (χ0) is 10.4. The first-order valence-electron chi connectivity index (χ1n) is 5.36. The molecule has 2 aliphatic rings. The van der Waals surface area contributed by atoms with Gasteiger partial charge in [-0.25, -0.2) is 0 Å². The molecule has 2 rings (SSSR count). The molecule has 0 bridgehead atoms. The lowest BCUT2D eigenvalue weighted by Crippen LogP contribution is -2.41. The van der Waals surface area contributed by atoms with Crippen LogP contribution in [0.1, 0.15) is 34.1 Å². The van der Waals surface area contributed by atoms with E-state index in [1.54, 1.807) is 0 Å². The second kappa shape index (κ2) is 3.22. The van der Waals surface area contributed by atoms with Gasteiger partial charge >= 0.3 is 7.12 Å². The Morgan fingerprint density at radius 1 is 1.07 bits per heavy atom. The molecule has 3 nitrogen and oxygen atoms in total. The molecule has 0 saturated carbocycles. The van der Waals surface area contributed by atoms with Gasteiger partial charge in [-0.3, -0.25) is 0 Å². The second-order valence-electron chi connectivity index (χ2n) is 5.25. The van der Waals surface area contributed by atoms with Crippen LogP contribution in [0.15, 0.2) is 0 Å². The molecule has 2 fully saturated rings. The first-order valence-corrected chi connectivity index (χ1v) is 5.36. The van der Waals surface area contributed by atoms with E-state index >= 15 is 0 Å². The minimum absolute atomic E-state index is 0.0810. The molecular formula is C10H19BO3. The number of rotatable bonds is 1. The summed E-state index contributed by atoms with van der Waals surface area (Å²) in [7, 11) is -0.0810. The molecule has 2 heterocycles. The third-order valence-electron chi connectivity index (χ3n) is 3.62. The van der Waals surface area contributed by atoms with Crippen molar-refractivity contribution < 1.29 is 14.0 Å². The molecule has 14 heavy (non-hydrogen) atoms. The van der Waals surface area contributed by atoms with Gasteiger partial charge in [0, 0.05) is 19.0 Å². The molecule has 0 aromatic carbocycles. The van der Waals surface area contributed by atoms with Gasteiger partial charge in [0.05, 0.1) is 11.2 Å². The van der Waals surface area contributed by atoms with Gasteiger partial charge < -0.3 is 14.0 Å². The summed E-state index contributed by atoms with van der Waals surface area (Å²) in [6.45, 7) is 9.96. The summed E-state index contributed by atoms with van der Waals surface area (Å²) < 4.78 is 17.2. The summed E-state index contributed by atoms with van der Waals surface area (Å²) in [6, 6.07) is 0. The van der Waals surface area contributed by atoms with Crippen molar-refractivity contribution in [2.45, 2.75) is 51.1 Å². The highest BCUT2D eigenvalue weighted by Gasteiger charge is 2.54. The van der Waals surface area contributed by atoms with E-state index in [2.05, 4.69) is 27.7 Å². The van der Waals surface area contributed by atoms with Gasteiger partial charge in [-0.1, -0.05) is 0 Å². The molecule has 2 saturated heterocycles. The van der Waals surface area contributed by atoms with Crippen molar-refractivity contribution in [3.63, 3.8) is 0 Å². The van der Waals surface area contributed by atoms with Crippen LogP contribution in [0.3, 0.4) is 0 Å². The van der Waals surface area contributed by atoms with Crippen molar-refractivity contribution in [1.29, 1.82) is 0 Å². The molecule has 2 aliphatic heterocycles. The molecule has 4 heteroatoms. The fourth-order valence-electron chi connectivity index (χ4n) is 1.85.